The molecule has 2 rings (SSSR count). The molecule has 2 heterocycles. The van der Waals surface area contributed by atoms with Crippen molar-refractivity contribution in [2.45, 2.75) is 32.8 Å². The van der Waals surface area contributed by atoms with E-state index < -0.39 is 0 Å². The average molecular weight is 280 g/mol. The molecule has 0 aliphatic carbocycles. The van der Waals surface area contributed by atoms with E-state index >= 15 is 0 Å². The van der Waals surface area contributed by atoms with Crippen molar-refractivity contribution in [3.05, 3.63) is 6.33 Å². The Balaban J connectivity index is 2.16. The lowest BCUT2D eigenvalue weighted by Crippen LogP contribution is -2.44. The number of aromatic nitrogens is 2. The van der Waals surface area contributed by atoms with Crippen molar-refractivity contribution >= 4 is 11.5 Å². The Bertz CT molecular complexity index is 441. The van der Waals surface area contributed by atoms with E-state index in [0.29, 0.717) is 24.1 Å². The van der Waals surface area contributed by atoms with Crippen LogP contribution in [0, 0.1) is 5.92 Å². The normalized spacial score (nSPS) is 22.9. The van der Waals surface area contributed by atoms with Crippen molar-refractivity contribution in [2.24, 2.45) is 5.92 Å². The Hall–Kier alpha value is -1.56. The number of ether oxygens (including phenoxy) is 2. The Kier molecular flexibility index (Phi) is 5.00. The van der Waals surface area contributed by atoms with E-state index in [9.17, 15) is 0 Å². The third-order valence-electron chi connectivity index (χ3n) is 3.76. The molecule has 1 aromatic heterocycles. The molecule has 112 valence electrons. The maximum atomic E-state index is 6.14. The average Bonchev–Trinajstić information content (AvgIpc) is 2.47. The van der Waals surface area contributed by atoms with Crippen LogP contribution in [0.4, 0.5) is 11.5 Å². The molecule has 0 saturated carbocycles. The highest BCUT2D eigenvalue weighted by Gasteiger charge is 2.28. The first-order valence-corrected chi connectivity index (χ1v) is 7.18. The quantitative estimate of drug-likeness (QED) is 0.885. The molecular weight excluding hydrogens is 256 g/mol. The molecule has 0 bridgehead atoms. The lowest BCUT2D eigenvalue weighted by molar-refractivity contribution is 0.0496. The predicted octanol–water partition coefficient (Wildman–Crippen LogP) is 1.71. The van der Waals surface area contributed by atoms with Gasteiger partial charge in [-0.1, -0.05) is 13.8 Å². The minimum Gasteiger partial charge on any atom is -0.476 e. The molecule has 1 aliphatic heterocycles. The first-order valence-electron chi connectivity index (χ1n) is 7.18. The molecule has 1 aliphatic rings. The monoisotopic (exact) mass is 280 g/mol. The van der Waals surface area contributed by atoms with E-state index in [2.05, 4.69) is 21.8 Å². The van der Waals surface area contributed by atoms with Crippen LogP contribution in [0.3, 0.4) is 0 Å². The number of methoxy groups -OCH3 is 1. The summed E-state index contributed by atoms with van der Waals surface area (Å²) in [5.41, 5.74) is 6.66. The summed E-state index contributed by atoms with van der Waals surface area (Å²) in [6.07, 6.45) is 3.70. The lowest BCUT2D eigenvalue weighted by atomic mass is 9.96. The largest absolute Gasteiger partial charge is 0.476 e. The molecule has 1 fully saturated rings. The van der Waals surface area contributed by atoms with E-state index in [1.165, 1.54) is 6.33 Å². The van der Waals surface area contributed by atoms with Gasteiger partial charge in [-0.3, -0.25) is 0 Å². The fraction of sp³-hybridized carbons (Fsp3) is 0.714. The van der Waals surface area contributed by atoms with Gasteiger partial charge in [0, 0.05) is 20.2 Å². The van der Waals surface area contributed by atoms with Crippen LogP contribution in [0.15, 0.2) is 6.33 Å². The fourth-order valence-electron chi connectivity index (χ4n) is 2.47. The molecule has 6 nitrogen and oxygen atoms in total. The van der Waals surface area contributed by atoms with Crippen LogP contribution in [-0.4, -0.2) is 42.9 Å². The topological polar surface area (TPSA) is 73.5 Å². The minimum absolute atomic E-state index is 0.207. The zero-order valence-electron chi connectivity index (χ0n) is 12.5. The van der Waals surface area contributed by atoms with Gasteiger partial charge in [-0.05, 0) is 18.8 Å². The second-order valence-electron chi connectivity index (χ2n) is 5.25. The number of piperidine rings is 1. The minimum atomic E-state index is 0.207. The van der Waals surface area contributed by atoms with Crippen molar-refractivity contribution in [1.82, 2.24) is 9.97 Å². The van der Waals surface area contributed by atoms with Gasteiger partial charge in [-0.2, -0.15) is 4.98 Å². The Morgan fingerprint density at radius 1 is 1.45 bits per heavy atom. The van der Waals surface area contributed by atoms with Gasteiger partial charge in [-0.25, -0.2) is 4.98 Å². The van der Waals surface area contributed by atoms with Gasteiger partial charge in [0.15, 0.2) is 5.82 Å². The number of hydrogen-bond donors (Lipinski definition) is 1. The number of nitrogens with zero attached hydrogens (tertiary/aromatic N) is 3. The summed E-state index contributed by atoms with van der Waals surface area (Å²) in [6.45, 7) is 6.60. The SMILES string of the molecule is CCCOc1ncnc(N2CCC(C)C(OC)C2)c1N. The molecule has 1 saturated heterocycles. The van der Waals surface area contributed by atoms with Crippen LogP contribution in [0.1, 0.15) is 26.7 Å². The summed E-state index contributed by atoms with van der Waals surface area (Å²) >= 11 is 0. The Morgan fingerprint density at radius 2 is 2.25 bits per heavy atom. The molecule has 0 aromatic carbocycles. The van der Waals surface area contributed by atoms with Gasteiger partial charge < -0.3 is 20.1 Å². The molecule has 2 N–H and O–H groups in total. The van der Waals surface area contributed by atoms with Crippen molar-refractivity contribution in [1.29, 1.82) is 0 Å². The summed E-state index contributed by atoms with van der Waals surface area (Å²) < 4.78 is 11.1. The van der Waals surface area contributed by atoms with Gasteiger partial charge in [0.2, 0.25) is 5.88 Å². The summed E-state index contributed by atoms with van der Waals surface area (Å²) in [5, 5.41) is 0. The first kappa shape index (κ1) is 14.8. The molecule has 1 aromatic rings. The third-order valence-corrected chi connectivity index (χ3v) is 3.76. The number of hydrogen-bond acceptors (Lipinski definition) is 6. The molecule has 0 radical (unpaired) electrons. The first-order chi connectivity index (χ1) is 9.67. The van der Waals surface area contributed by atoms with Crippen LogP contribution in [0.5, 0.6) is 5.88 Å². The van der Waals surface area contributed by atoms with Gasteiger partial charge in [-0.15, -0.1) is 0 Å². The van der Waals surface area contributed by atoms with Gasteiger partial charge in [0.1, 0.15) is 12.0 Å². The van der Waals surface area contributed by atoms with Crippen LogP contribution >= 0.6 is 0 Å². The molecule has 2 unspecified atom stereocenters. The number of anilines is 2. The van der Waals surface area contributed by atoms with Gasteiger partial charge in [0.25, 0.3) is 0 Å². The predicted molar refractivity (Wildman–Crippen MR) is 79.0 cm³/mol. The third kappa shape index (κ3) is 3.12. The Labute approximate surface area is 120 Å². The van der Waals surface area contributed by atoms with Crippen LogP contribution in [0.2, 0.25) is 0 Å². The van der Waals surface area contributed by atoms with E-state index in [0.717, 1.165) is 31.7 Å². The van der Waals surface area contributed by atoms with E-state index in [4.69, 9.17) is 15.2 Å². The maximum absolute atomic E-state index is 6.14. The number of nitrogen functional groups attached to an aromatic ring is 1. The number of rotatable bonds is 5. The molecule has 0 amide bonds. The smallest absolute Gasteiger partial charge is 0.242 e. The summed E-state index contributed by atoms with van der Waals surface area (Å²) in [7, 11) is 1.75. The van der Waals surface area contributed by atoms with Gasteiger partial charge >= 0.3 is 0 Å². The highest BCUT2D eigenvalue weighted by atomic mass is 16.5. The van der Waals surface area contributed by atoms with Crippen LogP contribution < -0.4 is 15.4 Å². The fourth-order valence-corrected chi connectivity index (χ4v) is 2.47. The summed E-state index contributed by atoms with van der Waals surface area (Å²) in [4.78, 5) is 10.6. The van der Waals surface area contributed by atoms with Crippen LogP contribution in [-0.2, 0) is 4.74 Å². The summed E-state index contributed by atoms with van der Waals surface area (Å²) in [5.74, 6) is 1.78. The number of nitrogens with two attached hydrogens (primary N) is 1. The molecule has 20 heavy (non-hydrogen) atoms. The molecule has 0 spiro atoms. The van der Waals surface area contributed by atoms with E-state index in [1.807, 2.05) is 6.92 Å². The standard InChI is InChI=1S/C14H24N4O2/c1-4-7-20-14-12(15)13(16-9-17-14)18-6-5-10(2)11(8-18)19-3/h9-11H,4-8,15H2,1-3H3. The highest BCUT2D eigenvalue weighted by molar-refractivity contribution is 5.67. The Morgan fingerprint density at radius 3 is 2.95 bits per heavy atom. The lowest BCUT2D eigenvalue weighted by Gasteiger charge is -2.37. The molecule has 2 atom stereocenters. The highest BCUT2D eigenvalue weighted by Crippen LogP contribution is 2.31. The molecule has 6 heteroatoms. The van der Waals surface area contributed by atoms with Crippen molar-refractivity contribution < 1.29 is 9.47 Å². The zero-order chi connectivity index (χ0) is 14.5. The zero-order valence-corrected chi connectivity index (χ0v) is 12.5. The van der Waals surface area contributed by atoms with Crippen molar-refractivity contribution in [3.63, 3.8) is 0 Å². The van der Waals surface area contributed by atoms with Gasteiger partial charge in [0.05, 0.1) is 12.7 Å². The van der Waals surface area contributed by atoms with Crippen molar-refractivity contribution in [2.75, 3.05) is 37.4 Å². The van der Waals surface area contributed by atoms with Crippen LogP contribution in [0.25, 0.3) is 0 Å². The second-order valence-corrected chi connectivity index (χ2v) is 5.25. The maximum Gasteiger partial charge on any atom is 0.242 e. The molecular formula is C14H24N4O2. The second kappa shape index (κ2) is 6.74. The van der Waals surface area contributed by atoms with E-state index in [-0.39, 0.29) is 6.10 Å². The summed E-state index contributed by atoms with van der Waals surface area (Å²) in [6, 6.07) is 0. The van der Waals surface area contributed by atoms with E-state index in [1.54, 1.807) is 7.11 Å². The van der Waals surface area contributed by atoms with Crippen molar-refractivity contribution in [3.8, 4) is 5.88 Å².